The van der Waals surface area contributed by atoms with Crippen molar-refractivity contribution in [3.63, 3.8) is 0 Å². The van der Waals surface area contributed by atoms with Crippen LogP contribution >= 0.6 is 0 Å². The summed E-state index contributed by atoms with van der Waals surface area (Å²) in [4.78, 5) is 30.5. The lowest BCUT2D eigenvalue weighted by molar-refractivity contribution is 0.0695. The first-order valence-corrected chi connectivity index (χ1v) is 10.5. The van der Waals surface area contributed by atoms with Crippen molar-refractivity contribution in [3.8, 4) is 5.75 Å². The zero-order valence-corrected chi connectivity index (χ0v) is 17.5. The van der Waals surface area contributed by atoms with Crippen molar-refractivity contribution in [2.75, 3.05) is 25.1 Å². The third-order valence-corrected chi connectivity index (χ3v) is 6.31. The van der Waals surface area contributed by atoms with E-state index in [2.05, 4.69) is 4.98 Å². The van der Waals surface area contributed by atoms with E-state index in [4.69, 9.17) is 10.5 Å². The third kappa shape index (κ3) is 3.29. The quantitative estimate of drug-likeness (QED) is 0.630. The molecular weight excluding hydrogens is 415 g/mol. The summed E-state index contributed by atoms with van der Waals surface area (Å²) in [5.74, 6) is -1.25. The molecule has 2 aliphatic rings. The molecule has 1 aliphatic carbocycles. The molecule has 1 saturated heterocycles. The number of para-hydroxylation sites is 1. The van der Waals surface area contributed by atoms with Crippen LogP contribution in [0.15, 0.2) is 41.3 Å². The van der Waals surface area contributed by atoms with Crippen LogP contribution in [0.1, 0.15) is 40.7 Å². The van der Waals surface area contributed by atoms with Crippen LogP contribution in [-0.2, 0) is 0 Å². The van der Waals surface area contributed by atoms with E-state index in [0.29, 0.717) is 18.7 Å². The lowest BCUT2D eigenvalue weighted by Crippen LogP contribution is -2.29. The lowest BCUT2D eigenvalue weighted by atomic mass is 9.94. The van der Waals surface area contributed by atoms with Crippen molar-refractivity contribution in [1.82, 2.24) is 9.55 Å². The highest BCUT2D eigenvalue weighted by Gasteiger charge is 2.36. The van der Waals surface area contributed by atoms with Gasteiger partial charge in [-0.25, -0.2) is 14.2 Å². The molecule has 3 N–H and O–H groups in total. The second-order valence-electron chi connectivity index (χ2n) is 8.40. The predicted molar refractivity (Wildman–Crippen MR) is 117 cm³/mol. The van der Waals surface area contributed by atoms with Crippen molar-refractivity contribution in [3.05, 3.63) is 63.7 Å². The average molecular weight is 438 g/mol. The van der Waals surface area contributed by atoms with Crippen LogP contribution in [0.2, 0.25) is 0 Å². The van der Waals surface area contributed by atoms with E-state index >= 15 is 4.39 Å². The molecule has 0 radical (unpaired) electrons. The Kier molecular flexibility index (Phi) is 4.85. The summed E-state index contributed by atoms with van der Waals surface area (Å²) in [6.45, 7) is 0.830. The fraction of sp³-hybridized carbons (Fsp3) is 0.348. The molecule has 1 aromatic carbocycles. The summed E-state index contributed by atoms with van der Waals surface area (Å²) in [6, 6.07) is 8.52. The third-order valence-electron chi connectivity index (χ3n) is 6.31. The monoisotopic (exact) mass is 438 g/mol. The highest BCUT2D eigenvalue weighted by atomic mass is 19.1. The number of carboxylic acids is 1. The minimum Gasteiger partial charge on any atom is -0.496 e. The number of hydrogen-bond donors (Lipinski definition) is 2. The molecule has 9 heteroatoms. The predicted octanol–water partition coefficient (Wildman–Crippen LogP) is 2.51. The van der Waals surface area contributed by atoms with E-state index < -0.39 is 17.2 Å². The number of anilines is 1. The number of carbonyl (C=O) groups is 1. The van der Waals surface area contributed by atoms with Crippen LogP contribution in [0.3, 0.4) is 0 Å². The summed E-state index contributed by atoms with van der Waals surface area (Å²) in [5.41, 5.74) is 6.57. The maximum atomic E-state index is 15.2. The van der Waals surface area contributed by atoms with E-state index in [1.54, 1.807) is 16.6 Å². The van der Waals surface area contributed by atoms with E-state index in [0.717, 1.165) is 30.2 Å². The van der Waals surface area contributed by atoms with Gasteiger partial charge < -0.3 is 25.0 Å². The molecule has 0 bridgehead atoms. The van der Waals surface area contributed by atoms with Gasteiger partial charge in [-0.1, -0.05) is 18.2 Å². The topological polar surface area (TPSA) is 111 Å². The van der Waals surface area contributed by atoms with Gasteiger partial charge in [-0.05, 0) is 25.0 Å². The van der Waals surface area contributed by atoms with E-state index in [1.807, 2.05) is 24.3 Å². The number of carboxylic acid groups (broad SMARTS) is 1. The molecule has 0 spiro atoms. The van der Waals surface area contributed by atoms with Gasteiger partial charge >= 0.3 is 5.97 Å². The molecule has 2 atom stereocenters. The van der Waals surface area contributed by atoms with Crippen molar-refractivity contribution in [1.29, 1.82) is 0 Å². The number of hydrogen-bond acceptors (Lipinski definition) is 6. The number of methoxy groups -OCH3 is 1. The average Bonchev–Trinajstić information content (AvgIpc) is 3.55. The van der Waals surface area contributed by atoms with Gasteiger partial charge in [0.05, 0.1) is 12.5 Å². The number of benzene rings is 1. The zero-order chi connectivity index (χ0) is 22.6. The van der Waals surface area contributed by atoms with Crippen LogP contribution in [0.4, 0.5) is 10.2 Å². The molecule has 32 heavy (non-hydrogen) atoms. The first-order chi connectivity index (χ1) is 15.4. The molecule has 0 unspecified atom stereocenters. The molecule has 2 fully saturated rings. The SMILES string of the molecule is COc1ccccc1[C@H]1CN(c2nc3c(cc2F)c(=O)c(C(=O)O)cn3C2CC2)C[C@H]1N. The van der Waals surface area contributed by atoms with Gasteiger partial charge in [0.2, 0.25) is 5.43 Å². The molecular formula is C23H23FN4O4. The van der Waals surface area contributed by atoms with Gasteiger partial charge in [-0.15, -0.1) is 0 Å². The Bertz CT molecular complexity index is 1290. The van der Waals surface area contributed by atoms with Gasteiger partial charge in [-0.3, -0.25) is 4.79 Å². The zero-order valence-electron chi connectivity index (χ0n) is 17.5. The summed E-state index contributed by atoms with van der Waals surface area (Å²) in [7, 11) is 1.60. The number of aromatic carboxylic acids is 1. The molecule has 1 aliphatic heterocycles. The highest BCUT2D eigenvalue weighted by Crippen LogP contribution is 2.38. The summed E-state index contributed by atoms with van der Waals surface area (Å²) in [5, 5.41) is 9.37. The van der Waals surface area contributed by atoms with Crippen LogP contribution in [0, 0.1) is 5.82 Å². The molecule has 1 saturated carbocycles. The first-order valence-electron chi connectivity index (χ1n) is 10.5. The number of fused-ring (bicyclic) bond motifs is 1. The van der Waals surface area contributed by atoms with Crippen molar-refractivity contribution < 1.29 is 19.0 Å². The van der Waals surface area contributed by atoms with Crippen LogP contribution in [-0.4, -0.2) is 46.9 Å². The van der Waals surface area contributed by atoms with Crippen LogP contribution in [0.25, 0.3) is 11.0 Å². The molecule has 2 aromatic heterocycles. The molecule has 0 amide bonds. The Morgan fingerprint density at radius 2 is 2.03 bits per heavy atom. The fourth-order valence-electron chi connectivity index (χ4n) is 4.55. The van der Waals surface area contributed by atoms with E-state index in [1.165, 1.54) is 6.20 Å². The summed E-state index contributed by atoms with van der Waals surface area (Å²) < 4.78 is 22.3. The van der Waals surface area contributed by atoms with Gasteiger partial charge in [0.25, 0.3) is 0 Å². The molecule has 3 heterocycles. The lowest BCUT2D eigenvalue weighted by Gasteiger charge is -2.20. The second-order valence-corrected chi connectivity index (χ2v) is 8.40. The smallest absolute Gasteiger partial charge is 0.341 e. The minimum absolute atomic E-state index is 0.0252. The number of pyridine rings is 2. The maximum Gasteiger partial charge on any atom is 0.341 e. The molecule has 166 valence electrons. The Hall–Kier alpha value is -3.46. The van der Waals surface area contributed by atoms with Crippen molar-refractivity contribution >= 4 is 22.8 Å². The van der Waals surface area contributed by atoms with Gasteiger partial charge in [0.15, 0.2) is 11.6 Å². The highest BCUT2D eigenvalue weighted by molar-refractivity contribution is 5.92. The van der Waals surface area contributed by atoms with Crippen LogP contribution in [0.5, 0.6) is 5.75 Å². The number of nitrogens with two attached hydrogens (primary N) is 1. The van der Waals surface area contributed by atoms with E-state index in [9.17, 15) is 14.7 Å². The fourth-order valence-corrected chi connectivity index (χ4v) is 4.55. The van der Waals surface area contributed by atoms with Crippen molar-refractivity contribution in [2.24, 2.45) is 5.73 Å². The number of rotatable bonds is 5. The number of nitrogens with zero attached hydrogens (tertiary/aromatic N) is 3. The van der Waals surface area contributed by atoms with Gasteiger partial charge in [0, 0.05) is 42.9 Å². The Morgan fingerprint density at radius 1 is 1.28 bits per heavy atom. The molecule has 3 aromatic rings. The second kappa shape index (κ2) is 7.59. The Labute approximate surface area is 183 Å². The number of halogens is 1. The maximum absolute atomic E-state index is 15.2. The largest absolute Gasteiger partial charge is 0.496 e. The van der Waals surface area contributed by atoms with Crippen LogP contribution < -0.4 is 20.8 Å². The minimum atomic E-state index is -1.33. The summed E-state index contributed by atoms with van der Waals surface area (Å²) in [6.07, 6.45) is 3.04. The Balaban J connectivity index is 1.59. The first kappa shape index (κ1) is 20.4. The standard InChI is InChI=1S/C23H23FN4O4/c1-32-19-5-3-2-4-13(19)15-9-27(11-18(15)25)22-17(24)8-14-20(29)16(23(30)31)10-28(12-6-7-12)21(14)26-22/h2-5,8,10,12,15,18H,6-7,9,11,25H2,1H3,(H,30,31)/t15-,18-/m1/s1. The molecule has 8 nitrogen and oxygen atoms in total. The van der Waals surface area contributed by atoms with Crippen molar-refractivity contribution in [2.45, 2.75) is 30.8 Å². The summed E-state index contributed by atoms with van der Waals surface area (Å²) >= 11 is 0. The number of aromatic nitrogens is 2. The van der Waals surface area contributed by atoms with Gasteiger partial charge in [0.1, 0.15) is 17.0 Å². The number of ether oxygens (including phenoxy) is 1. The Morgan fingerprint density at radius 3 is 2.72 bits per heavy atom. The molecule has 5 rings (SSSR count). The van der Waals surface area contributed by atoms with E-state index in [-0.39, 0.29) is 34.8 Å². The normalized spacial score (nSPS) is 20.7. The van der Waals surface area contributed by atoms with Gasteiger partial charge in [-0.2, -0.15) is 0 Å².